The van der Waals surface area contributed by atoms with Gasteiger partial charge in [-0.25, -0.2) is 4.79 Å². The molecule has 0 fully saturated rings. The normalized spacial score (nSPS) is 13.0. The molecule has 2 aromatic carbocycles. The van der Waals surface area contributed by atoms with Crippen molar-refractivity contribution in [3.63, 3.8) is 0 Å². The van der Waals surface area contributed by atoms with Gasteiger partial charge in [-0.3, -0.25) is 0 Å². The monoisotopic (exact) mass is 483 g/mol. The fraction of sp³-hybridized carbons (Fsp3) is 0.381. The number of carbonyl (C=O) groups is 1. The second-order valence-corrected chi connectivity index (χ2v) is 6.82. The fourth-order valence-corrected chi connectivity index (χ4v) is 2.75. The molecule has 0 bridgehead atoms. The van der Waals surface area contributed by atoms with Gasteiger partial charge in [-0.05, 0) is 42.8 Å². The van der Waals surface area contributed by atoms with E-state index in [2.05, 4.69) is 4.74 Å². The van der Waals surface area contributed by atoms with Crippen molar-refractivity contribution in [3.8, 4) is 5.75 Å². The molecule has 1 unspecified atom stereocenters. The second-order valence-electron chi connectivity index (χ2n) is 6.82. The Morgan fingerprint density at radius 3 is 2.33 bits per heavy atom. The molecule has 5 nitrogen and oxygen atoms in total. The predicted octanol–water partition coefficient (Wildman–Crippen LogP) is 5.03. The first-order valence-electron chi connectivity index (χ1n) is 9.54. The summed E-state index contributed by atoms with van der Waals surface area (Å²) in [6, 6.07) is 9.85. The van der Waals surface area contributed by atoms with E-state index in [0.717, 1.165) is 17.0 Å². The van der Waals surface area contributed by atoms with E-state index >= 15 is 0 Å². The first-order chi connectivity index (χ1) is 15.3. The molecule has 0 aromatic heterocycles. The maximum atomic E-state index is 13.2. The number of benzene rings is 2. The van der Waals surface area contributed by atoms with Crippen molar-refractivity contribution in [1.29, 1.82) is 0 Å². The van der Waals surface area contributed by atoms with E-state index < -0.39 is 43.1 Å². The number of hydrogen-bond acceptors (Lipinski definition) is 5. The molecule has 0 radical (unpaired) electrons. The quantitative estimate of drug-likeness (QED) is 0.380. The average Bonchev–Trinajstić information content (AvgIpc) is 2.72. The van der Waals surface area contributed by atoms with Crippen LogP contribution in [0.4, 0.5) is 36.4 Å². The van der Waals surface area contributed by atoms with Gasteiger partial charge < -0.3 is 19.5 Å². The standard InChI is InChI=1S/C21H20F7NO4/c1-2-32-18(31)14-6-4-7-15(10-14)29(12-17(30)20(24,25)26)11-13-5-3-8-16(9-13)33-21(27,28)19(22)23/h3-10,17,19,30H,2,11-12H2,1H3. The van der Waals surface area contributed by atoms with Gasteiger partial charge in [0.1, 0.15) is 5.75 Å². The summed E-state index contributed by atoms with van der Waals surface area (Å²) in [5, 5.41) is 9.56. The van der Waals surface area contributed by atoms with E-state index in [-0.39, 0.29) is 30.0 Å². The molecule has 0 aliphatic carbocycles. The van der Waals surface area contributed by atoms with Gasteiger partial charge in [0.05, 0.1) is 18.7 Å². The lowest BCUT2D eigenvalue weighted by molar-refractivity contribution is -0.253. The van der Waals surface area contributed by atoms with Crippen molar-refractivity contribution in [3.05, 3.63) is 59.7 Å². The number of anilines is 1. The SMILES string of the molecule is CCOC(=O)c1cccc(N(Cc2cccc(OC(F)(F)C(F)F)c2)CC(O)C(F)(F)F)c1. The Bertz CT molecular complexity index is 937. The first kappa shape index (κ1) is 26.2. The Labute approximate surface area is 184 Å². The van der Waals surface area contributed by atoms with E-state index in [4.69, 9.17) is 4.74 Å². The Kier molecular flexibility index (Phi) is 8.53. The number of halogens is 7. The van der Waals surface area contributed by atoms with Crippen molar-refractivity contribution in [2.75, 3.05) is 18.1 Å². The summed E-state index contributed by atoms with van der Waals surface area (Å²) < 4.78 is 99.0. The third-order valence-corrected chi connectivity index (χ3v) is 4.27. The lowest BCUT2D eigenvalue weighted by Crippen LogP contribution is -2.41. The molecule has 0 amide bonds. The molecule has 12 heteroatoms. The van der Waals surface area contributed by atoms with Crippen LogP contribution in [0.15, 0.2) is 48.5 Å². The molecular formula is C21H20F7NO4. The minimum absolute atomic E-state index is 0.0366. The molecule has 182 valence electrons. The zero-order valence-corrected chi connectivity index (χ0v) is 17.2. The highest BCUT2D eigenvalue weighted by molar-refractivity contribution is 5.90. The number of esters is 1. The van der Waals surface area contributed by atoms with Crippen LogP contribution >= 0.6 is 0 Å². The van der Waals surface area contributed by atoms with Gasteiger partial charge in [0, 0.05) is 12.2 Å². The summed E-state index contributed by atoms with van der Waals surface area (Å²) in [5.74, 6) is -1.35. The van der Waals surface area contributed by atoms with Gasteiger partial charge in [0.15, 0.2) is 6.10 Å². The maximum absolute atomic E-state index is 13.2. The van der Waals surface area contributed by atoms with Crippen LogP contribution in [-0.2, 0) is 11.3 Å². The van der Waals surface area contributed by atoms with E-state index in [0.29, 0.717) is 0 Å². The van der Waals surface area contributed by atoms with Crippen LogP contribution < -0.4 is 9.64 Å². The Morgan fingerprint density at radius 1 is 1.06 bits per heavy atom. The minimum atomic E-state index is -4.96. The molecule has 0 aliphatic rings. The van der Waals surface area contributed by atoms with Gasteiger partial charge in [-0.1, -0.05) is 18.2 Å². The van der Waals surface area contributed by atoms with Gasteiger partial charge in [0.2, 0.25) is 0 Å². The molecule has 0 saturated heterocycles. The van der Waals surface area contributed by atoms with Gasteiger partial charge in [0.25, 0.3) is 0 Å². The number of ether oxygens (including phenoxy) is 2. The molecule has 1 N–H and O–H groups in total. The summed E-state index contributed by atoms with van der Waals surface area (Å²) in [5.41, 5.74) is 0.246. The number of carbonyl (C=O) groups excluding carboxylic acids is 1. The van der Waals surface area contributed by atoms with Crippen LogP contribution in [0.5, 0.6) is 5.75 Å². The minimum Gasteiger partial charge on any atom is -0.462 e. The summed E-state index contributed by atoms with van der Waals surface area (Å²) in [4.78, 5) is 13.0. The lowest BCUT2D eigenvalue weighted by Gasteiger charge is -2.29. The predicted molar refractivity (Wildman–Crippen MR) is 104 cm³/mol. The van der Waals surface area contributed by atoms with Crippen LogP contribution in [-0.4, -0.2) is 49.0 Å². The second kappa shape index (κ2) is 10.7. The van der Waals surface area contributed by atoms with Gasteiger partial charge >= 0.3 is 24.7 Å². The number of aliphatic hydroxyl groups excluding tert-OH is 1. The maximum Gasteiger partial charge on any atom is 0.461 e. The third kappa shape index (κ3) is 7.52. The summed E-state index contributed by atoms with van der Waals surface area (Å²) in [7, 11) is 0. The van der Waals surface area contributed by atoms with E-state index in [1.165, 1.54) is 36.4 Å². The number of rotatable bonds is 10. The van der Waals surface area contributed by atoms with Crippen molar-refractivity contribution >= 4 is 11.7 Å². The fourth-order valence-electron chi connectivity index (χ4n) is 2.75. The van der Waals surface area contributed by atoms with Crippen LogP contribution in [0.25, 0.3) is 0 Å². The lowest BCUT2D eigenvalue weighted by atomic mass is 10.1. The van der Waals surface area contributed by atoms with E-state index in [9.17, 15) is 40.6 Å². The van der Waals surface area contributed by atoms with Crippen molar-refractivity contribution in [2.24, 2.45) is 0 Å². The third-order valence-electron chi connectivity index (χ3n) is 4.27. The van der Waals surface area contributed by atoms with Crippen molar-refractivity contribution in [1.82, 2.24) is 0 Å². The summed E-state index contributed by atoms with van der Waals surface area (Å²) in [6.45, 7) is 0.306. The van der Waals surface area contributed by atoms with Crippen LogP contribution in [0.2, 0.25) is 0 Å². The number of aliphatic hydroxyl groups is 1. The smallest absolute Gasteiger partial charge is 0.461 e. The number of hydrogen-bond donors (Lipinski definition) is 1. The number of alkyl halides is 7. The topological polar surface area (TPSA) is 59.0 Å². The zero-order valence-electron chi connectivity index (χ0n) is 17.2. The molecule has 0 aliphatic heterocycles. The molecule has 1 atom stereocenters. The van der Waals surface area contributed by atoms with Crippen LogP contribution in [0.1, 0.15) is 22.8 Å². The zero-order chi connectivity index (χ0) is 24.8. The Balaban J connectivity index is 2.35. The Hall–Kier alpha value is -3.02. The van der Waals surface area contributed by atoms with Crippen LogP contribution in [0.3, 0.4) is 0 Å². The largest absolute Gasteiger partial charge is 0.462 e. The molecular weight excluding hydrogens is 463 g/mol. The number of nitrogens with zero attached hydrogens (tertiary/aromatic N) is 1. The summed E-state index contributed by atoms with van der Waals surface area (Å²) >= 11 is 0. The van der Waals surface area contributed by atoms with Crippen molar-refractivity contribution < 1.29 is 50.1 Å². The van der Waals surface area contributed by atoms with E-state index in [1.54, 1.807) is 6.92 Å². The summed E-state index contributed by atoms with van der Waals surface area (Å²) in [6.07, 6.45) is -16.6. The van der Waals surface area contributed by atoms with Crippen LogP contribution in [0, 0.1) is 0 Å². The Morgan fingerprint density at radius 2 is 1.73 bits per heavy atom. The molecule has 0 saturated carbocycles. The molecule has 2 rings (SSSR count). The molecule has 33 heavy (non-hydrogen) atoms. The highest BCUT2D eigenvalue weighted by Crippen LogP contribution is 2.29. The van der Waals surface area contributed by atoms with Crippen molar-refractivity contribution in [2.45, 2.75) is 38.3 Å². The molecule has 0 spiro atoms. The average molecular weight is 483 g/mol. The first-order valence-corrected chi connectivity index (χ1v) is 9.54. The molecule has 0 heterocycles. The highest BCUT2D eigenvalue weighted by Gasteiger charge is 2.44. The van der Waals surface area contributed by atoms with Gasteiger partial charge in [-0.2, -0.15) is 30.7 Å². The molecule has 2 aromatic rings. The highest BCUT2D eigenvalue weighted by atomic mass is 19.4. The van der Waals surface area contributed by atoms with E-state index in [1.807, 2.05) is 0 Å². The van der Waals surface area contributed by atoms with Gasteiger partial charge in [-0.15, -0.1) is 0 Å².